The predicted octanol–water partition coefficient (Wildman–Crippen LogP) is 1.31. The second-order valence-corrected chi connectivity index (χ2v) is 7.90. The Morgan fingerprint density at radius 3 is 2.07 bits per heavy atom. The van der Waals surface area contributed by atoms with E-state index in [0.29, 0.717) is 5.41 Å². The number of benzene rings is 2. The molecule has 0 saturated carbocycles. The Labute approximate surface area is 209 Å². The van der Waals surface area contributed by atoms with Gasteiger partial charge in [0.25, 0.3) is 0 Å². The van der Waals surface area contributed by atoms with Crippen LogP contribution in [0, 0.1) is 19.4 Å². The fourth-order valence-electron chi connectivity index (χ4n) is 3.03. The molecule has 4 rings (SSSR count). The molecule has 0 radical (unpaired) electrons. The summed E-state index contributed by atoms with van der Waals surface area (Å²) in [7, 11) is 0. The second kappa shape index (κ2) is 14.3. The Morgan fingerprint density at radius 2 is 1.55 bits per heavy atom. The molecule has 0 spiro atoms. The number of rotatable bonds is 0. The molecule has 0 atom stereocenters. The maximum absolute atomic E-state index is 3.30. The molecule has 0 heterocycles. The number of hydrogen-bond donors (Lipinski definition) is 0. The molecule has 0 nitrogen and oxygen atoms in total. The minimum Gasteiger partial charge on any atom is -1.00 e. The minimum absolute atomic E-state index is 0. The summed E-state index contributed by atoms with van der Waals surface area (Å²) in [6.07, 6.45) is 3.05. The Hall–Kier alpha value is -0.747. The van der Waals surface area contributed by atoms with Crippen LogP contribution in [0.3, 0.4) is 0 Å². The van der Waals surface area contributed by atoms with Gasteiger partial charge in [0.2, 0.25) is 0 Å². The summed E-state index contributed by atoms with van der Waals surface area (Å²) in [5, 5.41) is 0. The van der Waals surface area contributed by atoms with E-state index in [4.69, 9.17) is 0 Å². The molecule has 1 aliphatic rings. The van der Waals surface area contributed by atoms with Crippen molar-refractivity contribution in [3.63, 3.8) is 0 Å². The summed E-state index contributed by atoms with van der Waals surface area (Å²) in [5.41, 5.74) is 8.62. The Balaban J connectivity index is 0. The maximum Gasteiger partial charge on any atom is 2.00 e. The molecule has 0 aromatic heterocycles. The van der Waals surface area contributed by atoms with Crippen LogP contribution in [0.15, 0.2) is 60.7 Å². The van der Waals surface area contributed by atoms with E-state index in [1.807, 2.05) is 26.3 Å². The van der Waals surface area contributed by atoms with E-state index in [1.165, 1.54) is 33.4 Å². The van der Waals surface area contributed by atoms with Crippen LogP contribution in [0.25, 0.3) is 11.1 Å². The molecule has 29 heavy (non-hydrogen) atoms. The summed E-state index contributed by atoms with van der Waals surface area (Å²) in [6, 6.07) is 24.7. The van der Waals surface area contributed by atoms with Gasteiger partial charge in [-0.25, -0.2) is 6.07 Å². The first-order valence-corrected chi connectivity index (χ1v) is 9.42. The van der Waals surface area contributed by atoms with Crippen molar-refractivity contribution in [2.75, 3.05) is 0 Å². The molecule has 3 heteroatoms. The Bertz CT molecular complexity index is 785. The zero-order chi connectivity index (χ0) is 19.2. The van der Waals surface area contributed by atoms with E-state index in [9.17, 15) is 0 Å². The van der Waals surface area contributed by atoms with Gasteiger partial charge in [0.05, 0.1) is 0 Å². The van der Waals surface area contributed by atoms with Gasteiger partial charge in [-0.15, -0.1) is 5.56 Å². The molecule has 0 amide bonds. The summed E-state index contributed by atoms with van der Waals surface area (Å²) < 4.78 is 0. The van der Waals surface area contributed by atoms with Crippen molar-refractivity contribution in [2.24, 2.45) is 0 Å². The van der Waals surface area contributed by atoms with Crippen molar-refractivity contribution in [1.82, 2.24) is 0 Å². The van der Waals surface area contributed by atoms with Gasteiger partial charge in [0, 0.05) is 0 Å². The number of halogens is 2. The third-order valence-electron chi connectivity index (χ3n) is 4.39. The van der Waals surface area contributed by atoms with Gasteiger partial charge in [-0.1, -0.05) is 68.5 Å². The predicted molar refractivity (Wildman–Crippen MR) is 115 cm³/mol. The SMILES string of the molecule is C[CH-]C.Cc1cc(C(C)(C)C)c[cH-]1.[Cl-].[Cl-].[Zr+2].[c-]1cccc2c1Cc1ccccc1-2. The third kappa shape index (κ3) is 8.87. The van der Waals surface area contributed by atoms with Crippen LogP contribution < -0.4 is 24.8 Å². The average Bonchev–Trinajstić information content (AvgIpc) is 3.19. The molecule has 0 unspecified atom stereocenters. The Kier molecular flexibility index (Phi) is 15.0. The molecule has 3 aromatic rings. The van der Waals surface area contributed by atoms with Crippen LogP contribution in [0.1, 0.15) is 56.9 Å². The summed E-state index contributed by atoms with van der Waals surface area (Å²) in [6.45, 7) is 12.8. The van der Waals surface area contributed by atoms with Crippen molar-refractivity contribution in [1.29, 1.82) is 0 Å². The van der Waals surface area contributed by atoms with Crippen molar-refractivity contribution in [3.05, 3.63) is 95.4 Å². The number of hydrogen-bond acceptors (Lipinski definition) is 0. The largest absolute Gasteiger partial charge is 2.00 e. The quantitative estimate of drug-likeness (QED) is 0.316. The van der Waals surface area contributed by atoms with Crippen LogP contribution in [0.2, 0.25) is 0 Å². The average molecular weight is 506 g/mol. The minimum atomic E-state index is 0. The van der Waals surface area contributed by atoms with Gasteiger partial charge in [-0.05, 0) is 6.42 Å². The first kappa shape index (κ1) is 30.4. The molecular weight excluding hydrogens is 474 g/mol. The van der Waals surface area contributed by atoms with Crippen LogP contribution in [0.5, 0.6) is 0 Å². The zero-order valence-corrected chi connectivity index (χ0v) is 22.3. The van der Waals surface area contributed by atoms with Gasteiger partial charge >= 0.3 is 26.2 Å². The van der Waals surface area contributed by atoms with Gasteiger partial charge in [0.1, 0.15) is 0 Å². The maximum atomic E-state index is 3.30. The summed E-state index contributed by atoms with van der Waals surface area (Å²) in [5.74, 6) is 0. The van der Waals surface area contributed by atoms with Gasteiger partial charge in [-0.3, -0.25) is 0 Å². The smallest absolute Gasteiger partial charge is 1.00 e. The molecule has 3 aromatic carbocycles. The van der Waals surface area contributed by atoms with Crippen molar-refractivity contribution < 1.29 is 51.0 Å². The first-order valence-electron chi connectivity index (χ1n) is 9.42. The van der Waals surface area contributed by atoms with Crippen molar-refractivity contribution in [2.45, 2.75) is 53.4 Å². The standard InChI is InChI=1S/C13H9.C10H15.C3H7.2ClH.Zr/c1-3-7-12-10(5-1)9-11-6-2-4-8-13(11)12;1-8-5-6-9(7-8)10(2,3)4;1-3-2;;;/h1-5,7-8H,9H2;5-7H,1-4H3;3H,1-2H3;2*1H;/q3*-1;;;+2/p-2. The van der Waals surface area contributed by atoms with Gasteiger partial charge in [-0.2, -0.15) is 66.9 Å². The Morgan fingerprint density at radius 1 is 0.966 bits per heavy atom. The fraction of sp³-hybridized carbons (Fsp3) is 0.308. The topological polar surface area (TPSA) is 0 Å². The number of aryl methyl sites for hydroxylation is 1. The van der Waals surface area contributed by atoms with Crippen LogP contribution in [0.4, 0.5) is 0 Å². The first-order chi connectivity index (χ1) is 12.4. The normalized spacial score (nSPS) is 10.3. The fourth-order valence-corrected chi connectivity index (χ4v) is 3.03. The van der Waals surface area contributed by atoms with E-state index >= 15 is 0 Å². The summed E-state index contributed by atoms with van der Waals surface area (Å²) >= 11 is 0. The van der Waals surface area contributed by atoms with Crippen LogP contribution in [-0.4, -0.2) is 0 Å². The van der Waals surface area contributed by atoms with Gasteiger partial charge in [0.15, 0.2) is 0 Å². The molecular formula is C26H31Cl2Zr-3. The zero-order valence-electron chi connectivity index (χ0n) is 18.3. The third-order valence-corrected chi connectivity index (χ3v) is 4.39. The van der Waals surface area contributed by atoms with E-state index in [-0.39, 0.29) is 51.0 Å². The summed E-state index contributed by atoms with van der Waals surface area (Å²) in [4.78, 5) is 0. The van der Waals surface area contributed by atoms with Crippen molar-refractivity contribution >= 4 is 0 Å². The second-order valence-electron chi connectivity index (χ2n) is 7.90. The molecule has 0 saturated heterocycles. The van der Waals surface area contributed by atoms with Crippen molar-refractivity contribution in [3.8, 4) is 11.1 Å². The molecule has 156 valence electrons. The van der Waals surface area contributed by atoms with E-state index < -0.39 is 0 Å². The number of fused-ring (bicyclic) bond motifs is 3. The molecule has 0 aliphatic heterocycles. The molecule has 1 aliphatic carbocycles. The van der Waals surface area contributed by atoms with E-state index in [0.717, 1.165) is 6.42 Å². The van der Waals surface area contributed by atoms with Crippen LogP contribution in [-0.2, 0) is 38.0 Å². The van der Waals surface area contributed by atoms with E-state index in [2.05, 4.69) is 88.4 Å². The molecule has 0 fully saturated rings. The van der Waals surface area contributed by atoms with Crippen LogP contribution >= 0.6 is 0 Å². The van der Waals surface area contributed by atoms with Gasteiger partial charge < -0.3 is 31.2 Å². The van der Waals surface area contributed by atoms with E-state index in [1.54, 1.807) is 0 Å². The monoisotopic (exact) mass is 503 g/mol. The molecule has 0 N–H and O–H groups in total. The molecule has 0 bridgehead atoms.